The summed E-state index contributed by atoms with van der Waals surface area (Å²) in [6.07, 6.45) is 0.397. The number of phenols is 1. The van der Waals surface area contributed by atoms with Crippen LogP contribution in [0, 0.1) is 0 Å². The largest absolute Gasteiger partial charge is 0.506 e. The van der Waals surface area contributed by atoms with E-state index < -0.39 is 0 Å². The molecule has 20 heavy (non-hydrogen) atoms. The molecule has 1 unspecified atom stereocenters. The van der Waals surface area contributed by atoms with Crippen LogP contribution in [0.2, 0.25) is 0 Å². The number of hydrogen-bond donors (Lipinski definition) is 3. The van der Waals surface area contributed by atoms with Gasteiger partial charge in [0.05, 0.1) is 11.6 Å². The second-order valence-electron chi connectivity index (χ2n) is 5.04. The van der Waals surface area contributed by atoms with Crippen LogP contribution in [0.3, 0.4) is 0 Å². The number of nitrogens with one attached hydrogen (secondary N) is 1. The summed E-state index contributed by atoms with van der Waals surface area (Å²) < 4.78 is 1.46. The molecule has 3 N–H and O–H groups in total. The summed E-state index contributed by atoms with van der Waals surface area (Å²) in [6, 6.07) is 6.74. The average Bonchev–Trinajstić information content (AvgIpc) is 2.40. The molecular formula is C15H20N2O3. The zero-order chi connectivity index (χ0) is 14.7. The second kappa shape index (κ2) is 6.07. The zero-order valence-electron chi connectivity index (χ0n) is 11.8. The van der Waals surface area contributed by atoms with Gasteiger partial charge in [-0.15, -0.1) is 0 Å². The van der Waals surface area contributed by atoms with E-state index in [-0.39, 0.29) is 17.4 Å². The summed E-state index contributed by atoms with van der Waals surface area (Å²) in [7, 11) is 1.65. The number of aromatic nitrogens is 1. The fourth-order valence-electron chi connectivity index (χ4n) is 2.31. The SMILES string of the molecule is CC(O)CNCCc1ccc(O)c2c1ccc(=O)n2C. The molecule has 2 aromatic rings. The predicted octanol–water partition coefficient (Wildman–Crippen LogP) is 0.757. The maximum Gasteiger partial charge on any atom is 0.250 e. The van der Waals surface area contributed by atoms with Gasteiger partial charge in [-0.25, -0.2) is 0 Å². The van der Waals surface area contributed by atoms with Crippen molar-refractivity contribution in [3.8, 4) is 5.75 Å². The van der Waals surface area contributed by atoms with Crippen LogP contribution >= 0.6 is 0 Å². The fourth-order valence-corrected chi connectivity index (χ4v) is 2.31. The Labute approximate surface area is 117 Å². The molecule has 108 valence electrons. The number of rotatable bonds is 5. The molecule has 0 saturated heterocycles. The number of phenolic OH excluding ortho intramolecular Hbond substituents is 1. The van der Waals surface area contributed by atoms with E-state index in [1.165, 1.54) is 10.6 Å². The van der Waals surface area contributed by atoms with Gasteiger partial charge in [0, 0.05) is 25.0 Å². The molecule has 0 aliphatic carbocycles. The van der Waals surface area contributed by atoms with Crippen LogP contribution < -0.4 is 10.9 Å². The molecule has 5 nitrogen and oxygen atoms in total. The Balaban J connectivity index is 2.29. The molecule has 0 aliphatic rings. The fraction of sp³-hybridized carbons (Fsp3) is 0.400. The molecule has 1 aromatic carbocycles. The summed E-state index contributed by atoms with van der Waals surface area (Å²) in [6.45, 7) is 3.01. The van der Waals surface area contributed by atoms with Crippen LogP contribution in [0.5, 0.6) is 5.75 Å². The van der Waals surface area contributed by atoms with Crippen LogP contribution in [0.4, 0.5) is 0 Å². The van der Waals surface area contributed by atoms with Gasteiger partial charge in [-0.05, 0) is 37.6 Å². The highest BCUT2D eigenvalue weighted by molar-refractivity contribution is 5.87. The van der Waals surface area contributed by atoms with Crippen LogP contribution in [0.1, 0.15) is 12.5 Å². The number of aliphatic hydroxyl groups excluding tert-OH is 1. The van der Waals surface area contributed by atoms with Crippen LogP contribution in [-0.2, 0) is 13.5 Å². The molecule has 5 heteroatoms. The number of aliphatic hydroxyl groups is 1. The Morgan fingerprint density at radius 2 is 2.05 bits per heavy atom. The molecule has 2 rings (SSSR count). The lowest BCUT2D eigenvalue weighted by Crippen LogP contribution is -2.26. The maximum atomic E-state index is 11.6. The Morgan fingerprint density at radius 1 is 1.30 bits per heavy atom. The molecule has 0 amide bonds. The minimum atomic E-state index is -0.368. The third-order valence-electron chi connectivity index (χ3n) is 3.36. The summed E-state index contributed by atoms with van der Waals surface area (Å²) in [5, 5.41) is 23.2. The highest BCUT2D eigenvalue weighted by Gasteiger charge is 2.09. The van der Waals surface area contributed by atoms with Gasteiger partial charge in [0.25, 0.3) is 5.56 Å². The first-order chi connectivity index (χ1) is 9.50. The van der Waals surface area contributed by atoms with Crippen LogP contribution in [0.15, 0.2) is 29.1 Å². The van der Waals surface area contributed by atoms with Crippen molar-refractivity contribution in [2.75, 3.05) is 13.1 Å². The van der Waals surface area contributed by atoms with Crippen molar-refractivity contribution in [2.45, 2.75) is 19.4 Å². The Morgan fingerprint density at radius 3 is 2.75 bits per heavy atom. The number of hydrogen-bond acceptors (Lipinski definition) is 4. The van der Waals surface area contributed by atoms with Crippen molar-refractivity contribution in [1.29, 1.82) is 0 Å². The van der Waals surface area contributed by atoms with Crippen molar-refractivity contribution in [1.82, 2.24) is 9.88 Å². The molecule has 0 aliphatic heterocycles. The third-order valence-corrected chi connectivity index (χ3v) is 3.36. The summed E-state index contributed by atoms with van der Waals surface area (Å²) in [4.78, 5) is 11.6. The molecule has 0 radical (unpaired) electrons. The maximum absolute atomic E-state index is 11.6. The first-order valence-electron chi connectivity index (χ1n) is 6.70. The van der Waals surface area contributed by atoms with Gasteiger partial charge < -0.3 is 20.1 Å². The molecule has 0 bridgehead atoms. The van der Waals surface area contributed by atoms with E-state index in [1.54, 1.807) is 26.1 Å². The Hall–Kier alpha value is -1.85. The molecule has 0 saturated carbocycles. The number of pyridine rings is 1. The van der Waals surface area contributed by atoms with E-state index in [2.05, 4.69) is 5.32 Å². The lowest BCUT2D eigenvalue weighted by atomic mass is 10.0. The molecule has 1 aromatic heterocycles. The summed E-state index contributed by atoms with van der Waals surface area (Å²) in [5.74, 6) is 0.112. The highest BCUT2D eigenvalue weighted by Crippen LogP contribution is 2.26. The van der Waals surface area contributed by atoms with Gasteiger partial charge >= 0.3 is 0 Å². The number of aryl methyl sites for hydroxylation is 1. The van der Waals surface area contributed by atoms with E-state index in [9.17, 15) is 15.0 Å². The second-order valence-corrected chi connectivity index (χ2v) is 5.04. The van der Waals surface area contributed by atoms with Gasteiger partial charge in [-0.2, -0.15) is 0 Å². The van der Waals surface area contributed by atoms with Crippen molar-refractivity contribution in [2.24, 2.45) is 7.05 Å². The van der Waals surface area contributed by atoms with E-state index in [0.29, 0.717) is 12.1 Å². The first-order valence-corrected chi connectivity index (χ1v) is 6.70. The molecule has 1 heterocycles. The minimum Gasteiger partial charge on any atom is -0.506 e. The number of benzene rings is 1. The lowest BCUT2D eigenvalue weighted by molar-refractivity contribution is 0.191. The van der Waals surface area contributed by atoms with Gasteiger partial charge in [-0.1, -0.05) is 6.07 Å². The van der Waals surface area contributed by atoms with E-state index in [4.69, 9.17) is 0 Å². The smallest absolute Gasteiger partial charge is 0.250 e. The van der Waals surface area contributed by atoms with Gasteiger partial charge in [-0.3, -0.25) is 4.79 Å². The van der Waals surface area contributed by atoms with Gasteiger partial charge in [0.2, 0.25) is 0 Å². The zero-order valence-corrected chi connectivity index (χ0v) is 11.8. The van der Waals surface area contributed by atoms with Crippen molar-refractivity contribution in [3.63, 3.8) is 0 Å². The highest BCUT2D eigenvalue weighted by atomic mass is 16.3. The molecule has 0 fully saturated rings. The molecule has 0 spiro atoms. The Bertz CT molecular complexity index is 662. The summed E-state index contributed by atoms with van der Waals surface area (Å²) >= 11 is 0. The topological polar surface area (TPSA) is 74.5 Å². The first kappa shape index (κ1) is 14.6. The standard InChI is InChI=1S/C15H20N2O3/c1-10(18)9-16-8-7-11-3-5-13(19)15-12(11)4-6-14(20)17(15)2/h3-6,10,16,18-19H,7-9H2,1-2H3. The number of aromatic hydroxyl groups is 1. The van der Waals surface area contributed by atoms with Gasteiger partial charge in [0.15, 0.2) is 0 Å². The predicted molar refractivity (Wildman–Crippen MR) is 79.1 cm³/mol. The van der Waals surface area contributed by atoms with Crippen molar-refractivity contribution >= 4 is 10.9 Å². The van der Waals surface area contributed by atoms with E-state index in [1.807, 2.05) is 6.07 Å². The normalized spacial score (nSPS) is 12.8. The molecular weight excluding hydrogens is 256 g/mol. The average molecular weight is 276 g/mol. The minimum absolute atomic E-state index is 0.112. The summed E-state index contributed by atoms with van der Waals surface area (Å²) in [5.41, 5.74) is 1.48. The monoisotopic (exact) mass is 276 g/mol. The van der Waals surface area contributed by atoms with E-state index >= 15 is 0 Å². The van der Waals surface area contributed by atoms with Crippen LogP contribution in [-0.4, -0.2) is 34.0 Å². The third kappa shape index (κ3) is 3.00. The lowest BCUT2D eigenvalue weighted by Gasteiger charge is -2.12. The Kier molecular flexibility index (Phi) is 4.42. The van der Waals surface area contributed by atoms with Crippen LogP contribution in [0.25, 0.3) is 10.9 Å². The number of nitrogens with zero attached hydrogens (tertiary/aromatic N) is 1. The van der Waals surface area contributed by atoms with Gasteiger partial charge in [0.1, 0.15) is 5.75 Å². The molecule has 1 atom stereocenters. The van der Waals surface area contributed by atoms with Crippen molar-refractivity contribution in [3.05, 3.63) is 40.2 Å². The number of fused-ring (bicyclic) bond motifs is 1. The van der Waals surface area contributed by atoms with E-state index in [0.717, 1.165) is 23.9 Å². The van der Waals surface area contributed by atoms with Crippen molar-refractivity contribution < 1.29 is 10.2 Å². The quantitative estimate of drug-likeness (QED) is 0.705.